The number of hydrogen-bond donors (Lipinski definition) is 0. The molecule has 1 rings (SSSR count). The third-order valence-electron chi connectivity index (χ3n) is 2.30. The molecule has 1 heteroatoms. The zero-order valence-corrected chi connectivity index (χ0v) is 7.39. The molecule has 1 aliphatic carbocycles. The molecular formula is C10H15F. The van der Waals surface area contributed by atoms with Gasteiger partial charge in [0.25, 0.3) is 0 Å². The predicted molar refractivity (Wildman–Crippen MR) is 45.9 cm³/mol. The predicted octanol–water partition coefficient (Wildman–Crippen LogP) is 3.46. The topological polar surface area (TPSA) is 0 Å². The van der Waals surface area contributed by atoms with Crippen molar-refractivity contribution in [3.05, 3.63) is 23.6 Å². The third-order valence-corrected chi connectivity index (χ3v) is 2.30. The van der Waals surface area contributed by atoms with Gasteiger partial charge in [0.1, 0.15) is 5.83 Å². The van der Waals surface area contributed by atoms with Crippen molar-refractivity contribution in [2.24, 2.45) is 11.8 Å². The van der Waals surface area contributed by atoms with Crippen LogP contribution >= 0.6 is 0 Å². The second kappa shape index (κ2) is 3.21. The van der Waals surface area contributed by atoms with E-state index in [1.807, 2.05) is 13.0 Å². The van der Waals surface area contributed by atoms with Gasteiger partial charge in [0, 0.05) is 0 Å². The molecule has 0 aromatic rings. The molecule has 0 radical (unpaired) electrons. The number of rotatable bonds is 1. The summed E-state index contributed by atoms with van der Waals surface area (Å²) in [6.07, 6.45) is 4.47. The Morgan fingerprint density at radius 2 is 2.18 bits per heavy atom. The van der Waals surface area contributed by atoms with Crippen molar-refractivity contribution in [2.75, 3.05) is 0 Å². The van der Waals surface area contributed by atoms with Crippen molar-refractivity contribution in [1.29, 1.82) is 0 Å². The average Bonchev–Trinajstić information content (AvgIpc) is 1.94. The molecule has 0 heterocycles. The van der Waals surface area contributed by atoms with E-state index in [4.69, 9.17) is 0 Å². The fraction of sp³-hybridized carbons (Fsp3) is 0.600. The quantitative estimate of drug-likeness (QED) is 0.542. The molecular weight excluding hydrogens is 139 g/mol. The molecule has 1 atom stereocenters. The number of halogens is 1. The van der Waals surface area contributed by atoms with Crippen molar-refractivity contribution in [3.63, 3.8) is 0 Å². The summed E-state index contributed by atoms with van der Waals surface area (Å²) in [5, 5.41) is 0. The van der Waals surface area contributed by atoms with Crippen LogP contribution in [0.5, 0.6) is 0 Å². The first-order chi connectivity index (χ1) is 5.11. The van der Waals surface area contributed by atoms with Gasteiger partial charge >= 0.3 is 0 Å². The summed E-state index contributed by atoms with van der Waals surface area (Å²) in [4.78, 5) is 0. The Morgan fingerprint density at radius 1 is 1.55 bits per heavy atom. The largest absolute Gasteiger partial charge is 0.207 e. The molecule has 1 unspecified atom stereocenters. The van der Waals surface area contributed by atoms with Crippen molar-refractivity contribution in [3.8, 4) is 0 Å². The number of hydrogen-bond acceptors (Lipinski definition) is 0. The Kier molecular flexibility index (Phi) is 2.48. The Balaban J connectivity index is 2.67. The van der Waals surface area contributed by atoms with Gasteiger partial charge in [-0.05, 0) is 36.8 Å². The standard InChI is InChI=1S/C10H15F/c1-7(2)9-4-5-10(11)8(3)6-9/h4-5,7,9H,6H2,1-3H3. The Morgan fingerprint density at radius 3 is 2.64 bits per heavy atom. The molecule has 0 aliphatic heterocycles. The Bertz CT molecular complexity index is 199. The van der Waals surface area contributed by atoms with E-state index in [-0.39, 0.29) is 5.83 Å². The van der Waals surface area contributed by atoms with Crippen molar-refractivity contribution < 1.29 is 4.39 Å². The maximum atomic E-state index is 12.8. The maximum Gasteiger partial charge on any atom is 0.121 e. The molecule has 0 amide bonds. The van der Waals surface area contributed by atoms with Crippen LogP contribution in [-0.2, 0) is 0 Å². The number of allylic oxidation sites excluding steroid dienone is 4. The summed E-state index contributed by atoms with van der Waals surface area (Å²) in [7, 11) is 0. The molecule has 0 fully saturated rings. The minimum Gasteiger partial charge on any atom is -0.207 e. The summed E-state index contributed by atoms with van der Waals surface area (Å²) in [6, 6.07) is 0. The SMILES string of the molecule is CC1=C(F)C=CC(C(C)C)C1. The van der Waals surface area contributed by atoms with E-state index < -0.39 is 0 Å². The fourth-order valence-corrected chi connectivity index (χ4v) is 1.33. The van der Waals surface area contributed by atoms with Crippen LogP contribution in [0.2, 0.25) is 0 Å². The second-order valence-electron chi connectivity index (χ2n) is 3.60. The molecule has 0 saturated heterocycles. The second-order valence-corrected chi connectivity index (χ2v) is 3.60. The lowest BCUT2D eigenvalue weighted by Gasteiger charge is -2.20. The highest BCUT2D eigenvalue weighted by atomic mass is 19.1. The normalized spacial score (nSPS) is 25.0. The minimum absolute atomic E-state index is 0.0399. The monoisotopic (exact) mass is 154 g/mol. The fourth-order valence-electron chi connectivity index (χ4n) is 1.33. The smallest absolute Gasteiger partial charge is 0.121 e. The summed E-state index contributed by atoms with van der Waals surface area (Å²) >= 11 is 0. The van der Waals surface area contributed by atoms with Gasteiger partial charge < -0.3 is 0 Å². The zero-order valence-electron chi connectivity index (χ0n) is 7.39. The van der Waals surface area contributed by atoms with Crippen LogP contribution in [0.3, 0.4) is 0 Å². The summed E-state index contributed by atoms with van der Waals surface area (Å²) in [5.41, 5.74) is 0.895. The van der Waals surface area contributed by atoms with Crippen molar-refractivity contribution >= 4 is 0 Å². The van der Waals surface area contributed by atoms with E-state index in [0.29, 0.717) is 11.8 Å². The van der Waals surface area contributed by atoms with Crippen LogP contribution in [0, 0.1) is 11.8 Å². The van der Waals surface area contributed by atoms with Crippen LogP contribution in [0.25, 0.3) is 0 Å². The Labute approximate surface area is 67.8 Å². The molecule has 0 bridgehead atoms. The summed E-state index contributed by atoms with van der Waals surface area (Å²) < 4.78 is 12.8. The van der Waals surface area contributed by atoms with E-state index in [9.17, 15) is 4.39 Å². The summed E-state index contributed by atoms with van der Waals surface area (Å²) in [6.45, 7) is 6.21. The van der Waals surface area contributed by atoms with E-state index in [2.05, 4.69) is 13.8 Å². The van der Waals surface area contributed by atoms with Gasteiger partial charge in [0.05, 0.1) is 0 Å². The van der Waals surface area contributed by atoms with E-state index in [1.165, 1.54) is 0 Å². The maximum absolute atomic E-state index is 12.8. The zero-order chi connectivity index (χ0) is 8.43. The van der Waals surface area contributed by atoms with Gasteiger partial charge in [-0.15, -0.1) is 0 Å². The van der Waals surface area contributed by atoms with Crippen molar-refractivity contribution in [1.82, 2.24) is 0 Å². The van der Waals surface area contributed by atoms with Gasteiger partial charge in [-0.25, -0.2) is 4.39 Å². The van der Waals surface area contributed by atoms with Crippen LogP contribution < -0.4 is 0 Å². The van der Waals surface area contributed by atoms with Crippen LogP contribution in [0.4, 0.5) is 4.39 Å². The van der Waals surface area contributed by atoms with Gasteiger partial charge in [0.15, 0.2) is 0 Å². The van der Waals surface area contributed by atoms with Gasteiger partial charge in [-0.3, -0.25) is 0 Å². The lowest BCUT2D eigenvalue weighted by molar-refractivity contribution is 0.446. The van der Waals surface area contributed by atoms with E-state index >= 15 is 0 Å². The highest BCUT2D eigenvalue weighted by Gasteiger charge is 2.15. The first kappa shape index (κ1) is 8.51. The van der Waals surface area contributed by atoms with Gasteiger partial charge in [0.2, 0.25) is 0 Å². The summed E-state index contributed by atoms with van der Waals surface area (Å²) in [5.74, 6) is 1.12. The highest BCUT2D eigenvalue weighted by molar-refractivity contribution is 5.24. The molecule has 0 nitrogen and oxygen atoms in total. The molecule has 0 saturated carbocycles. The van der Waals surface area contributed by atoms with E-state index in [1.54, 1.807) is 6.08 Å². The van der Waals surface area contributed by atoms with Gasteiger partial charge in [-0.2, -0.15) is 0 Å². The van der Waals surface area contributed by atoms with Crippen LogP contribution in [0.1, 0.15) is 27.2 Å². The molecule has 1 aliphatic rings. The molecule has 62 valence electrons. The minimum atomic E-state index is -0.0399. The lowest BCUT2D eigenvalue weighted by Crippen LogP contribution is -2.09. The van der Waals surface area contributed by atoms with Crippen LogP contribution in [-0.4, -0.2) is 0 Å². The highest BCUT2D eigenvalue weighted by Crippen LogP contribution is 2.28. The van der Waals surface area contributed by atoms with Crippen molar-refractivity contribution in [2.45, 2.75) is 27.2 Å². The van der Waals surface area contributed by atoms with Crippen LogP contribution in [0.15, 0.2) is 23.6 Å². The Hall–Kier alpha value is -0.590. The van der Waals surface area contributed by atoms with E-state index in [0.717, 1.165) is 12.0 Å². The first-order valence-electron chi connectivity index (χ1n) is 4.14. The van der Waals surface area contributed by atoms with Gasteiger partial charge in [-0.1, -0.05) is 19.9 Å². The average molecular weight is 154 g/mol. The molecule has 0 spiro atoms. The third kappa shape index (κ3) is 1.92. The lowest BCUT2D eigenvalue weighted by atomic mass is 9.86. The molecule has 0 aromatic carbocycles. The molecule has 0 N–H and O–H groups in total. The first-order valence-corrected chi connectivity index (χ1v) is 4.14. The molecule has 0 aromatic heterocycles. The molecule has 11 heavy (non-hydrogen) atoms.